The average Bonchev–Trinajstić information content (AvgIpc) is 2.91. The van der Waals surface area contributed by atoms with Crippen LogP contribution in [0.15, 0.2) is 57.4 Å². The van der Waals surface area contributed by atoms with Crippen molar-refractivity contribution in [2.45, 2.75) is 47.9 Å². The first-order chi connectivity index (χ1) is 14.3. The summed E-state index contributed by atoms with van der Waals surface area (Å²) in [4.78, 5) is 12.2. The lowest BCUT2D eigenvalue weighted by Gasteiger charge is -2.13. The molecule has 1 unspecified atom stereocenters. The molecule has 1 aromatic carbocycles. The molecule has 0 fully saturated rings. The van der Waals surface area contributed by atoms with Gasteiger partial charge in [0.25, 0.3) is 0 Å². The number of nitrogens with zero attached hydrogens (tertiary/aromatic N) is 1. The predicted molar refractivity (Wildman–Crippen MR) is 111 cm³/mol. The average molecular weight is 472 g/mol. The van der Waals surface area contributed by atoms with Gasteiger partial charge in [-0.1, -0.05) is 11.8 Å². The van der Waals surface area contributed by atoms with E-state index in [4.69, 9.17) is 4.74 Å². The molecule has 0 aliphatic carbocycles. The molecule has 2 aromatic heterocycles. The number of fused-ring (bicyclic) bond motifs is 1. The van der Waals surface area contributed by atoms with Gasteiger partial charge in [0, 0.05) is 29.8 Å². The van der Waals surface area contributed by atoms with Gasteiger partial charge in [-0.05, 0) is 55.8 Å². The van der Waals surface area contributed by atoms with Gasteiger partial charge in [0.05, 0.1) is 21.0 Å². The Morgan fingerprint density at radius 3 is 2.26 bits per heavy atom. The topological polar surface area (TPSA) is 64.9 Å². The van der Waals surface area contributed by atoms with E-state index in [0.717, 1.165) is 18.5 Å². The molecule has 1 atom stereocenters. The molecule has 2 heterocycles. The zero-order valence-corrected chi connectivity index (χ0v) is 18.8. The second-order valence-corrected chi connectivity index (χ2v) is 10.2. The minimum atomic E-state index is -4.52. The first kappa shape index (κ1) is 23.2. The van der Waals surface area contributed by atoms with Gasteiger partial charge in [0.2, 0.25) is 0 Å². The fraction of sp³-hybridized carbons (Fsp3) is 0.286. The number of pyridine rings is 1. The zero-order chi connectivity index (χ0) is 23.1. The second-order valence-electron chi connectivity index (χ2n) is 7.11. The Kier molecular flexibility index (Phi) is 6.16. The lowest BCUT2D eigenvalue weighted by molar-refractivity contribution is -0.145. The van der Waals surface area contributed by atoms with Gasteiger partial charge in [0.15, 0.2) is 9.84 Å². The minimum Gasteiger partial charge on any atom is -0.458 e. The van der Waals surface area contributed by atoms with E-state index in [2.05, 4.69) is 0 Å². The molecule has 31 heavy (non-hydrogen) atoms. The van der Waals surface area contributed by atoms with E-state index in [-0.39, 0.29) is 4.90 Å². The van der Waals surface area contributed by atoms with Crippen LogP contribution >= 0.6 is 11.8 Å². The molecule has 0 radical (unpaired) electrons. The third-order valence-electron chi connectivity index (χ3n) is 4.71. The van der Waals surface area contributed by atoms with E-state index in [1.165, 1.54) is 41.3 Å². The maximum Gasteiger partial charge on any atom is 0.417 e. The van der Waals surface area contributed by atoms with Gasteiger partial charge >= 0.3 is 12.1 Å². The molecule has 3 rings (SSSR count). The molecular formula is C21H20F3NO4S2. The smallest absolute Gasteiger partial charge is 0.417 e. The summed E-state index contributed by atoms with van der Waals surface area (Å²) in [6.45, 7) is 4.68. The van der Waals surface area contributed by atoms with Gasteiger partial charge in [-0.2, -0.15) is 13.2 Å². The Morgan fingerprint density at radius 2 is 1.74 bits per heavy atom. The van der Waals surface area contributed by atoms with Gasteiger partial charge in [-0.15, -0.1) is 0 Å². The largest absolute Gasteiger partial charge is 0.458 e. The number of aromatic nitrogens is 1. The molecule has 0 N–H and O–H groups in total. The van der Waals surface area contributed by atoms with Crippen molar-refractivity contribution >= 4 is 33.1 Å². The number of carbonyl (C=O) groups is 1. The van der Waals surface area contributed by atoms with E-state index in [1.54, 1.807) is 26.0 Å². The first-order valence-electron chi connectivity index (χ1n) is 9.16. The standard InChI is InChI=1S/C21H20F3NO4S2/c1-12-19(13(2)29-14(3)26)18-10-5-15(21(22,23)24)11-25(18)20(12)30-16-6-8-17(9-7-16)31(4,27)28/h5-11,13H,1-4H3. The number of sulfone groups is 1. The number of halogens is 3. The predicted octanol–water partition coefficient (Wildman–Crippen LogP) is 5.45. The molecule has 10 heteroatoms. The van der Waals surface area contributed by atoms with Crippen molar-refractivity contribution in [3.63, 3.8) is 0 Å². The van der Waals surface area contributed by atoms with E-state index < -0.39 is 33.7 Å². The van der Waals surface area contributed by atoms with Crippen LogP contribution in [-0.4, -0.2) is 25.0 Å². The van der Waals surface area contributed by atoms with Crippen molar-refractivity contribution in [3.8, 4) is 0 Å². The summed E-state index contributed by atoms with van der Waals surface area (Å²) in [6.07, 6.45) is -3.07. The van der Waals surface area contributed by atoms with Crippen molar-refractivity contribution < 1.29 is 31.1 Å². The maximum absolute atomic E-state index is 13.3. The van der Waals surface area contributed by atoms with Crippen LogP contribution in [0.25, 0.3) is 5.52 Å². The van der Waals surface area contributed by atoms with Crippen LogP contribution < -0.4 is 0 Å². The minimum absolute atomic E-state index is 0.150. The highest BCUT2D eigenvalue weighted by atomic mass is 32.2. The Hall–Kier alpha value is -2.46. The SMILES string of the molecule is CC(=O)OC(C)c1c(C)c(Sc2ccc(S(C)(=O)=O)cc2)n2cc(C(F)(F)F)ccc12. The van der Waals surface area contributed by atoms with E-state index in [1.807, 2.05) is 0 Å². The molecule has 0 aliphatic rings. The fourth-order valence-corrected chi connectivity index (χ4v) is 5.00. The molecule has 0 saturated heterocycles. The maximum atomic E-state index is 13.3. The van der Waals surface area contributed by atoms with Crippen molar-refractivity contribution in [2.75, 3.05) is 6.26 Å². The van der Waals surface area contributed by atoms with Crippen LogP contribution in [0.1, 0.15) is 36.6 Å². The monoisotopic (exact) mass is 471 g/mol. The van der Waals surface area contributed by atoms with Gasteiger partial charge in [0.1, 0.15) is 6.10 Å². The summed E-state index contributed by atoms with van der Waals surface area (Å²) < 4.78 is 70.0. The van der Waals surface area contributed by atoms with Gasteiger partial charge in [-0.3, -0.25) is 4.79 Å². The molecule has 0 bridgehead atoms. The number of benzene rings is 1. The molecule has 3 aromatic rings. The van der Waals surface area contributed by atoms with Crippen LogP contribution in [0.5, 0.6) is 0 Å². The molecule has 0 aliphatic heterocycles. The lowest BCUT2D eigenvalue weighted by atomic mass is 10.1. The Morgan fingerprint density at radius 1 is 1.13 bits per heavy atom. The number of carbonyl (C=O) groups excluding carboxylic acids is 1. The van der Waals surface area contributed by atoms with Crippen LogP contribution in [0.4, 0.5) is 13.2 Å². The summed E-state index contributed by atoms with van der Waals surface area (Å²) in [5.74, 6) is -0.497. The third kappa shape index (κ3) is 4.90. The van der Waals surface area contributed by atoms with Crippen LogP contribution in [0.2, 0.25) is 0 Å². The fourth-order valence-electron chi connectivity index (χ4n) is 3.36. The Balaban J connectivity index is 2.16. The number of ether oxygens (including phenoxy) is 1. The third-order valence-corrected chi connectivity index (χ3v) is 7.04. The zero-order valence-electron chi connectivity index (χ0n) is 17.1. The Bertz CT molecular complexity index is 1250. The van der Waals surface area contributed by atoms with E-state index in [0.29, 0.717) is 26.6 Å². The lowest BCUT2D eigenvalue weighted by Crippen LogP contribution is -2.07. The van der Waals surface area contributed by atoms with Crippen molar-refractivity contribution in [1.29, 1.82) is 0 Å². The second kappa shape index (κ2) is 8.23. The summed E-state index contributed by atoms with van der Waals surface area (Å²) in [7, 11) is -3.36. The van der Waals surface area contributed by atoms with Gasteiger partial charge in [-0.25, -0.2) is 8.42 Å². The number of hydrogen-bond acceptors (Lipinski definition) is 5. The first-order valence-corrected chi connectivity index (χ1v) is 11.9. The quantitative estimate of drug-likeness (QED) is 0.464. The van der Waals surface area contributed by atoms with Crippen molar-refractivity contribution in [1.82, 2.24) is 4.40 Å². The van der Waals surface area contributed by atoms with Crippen molar-refractivity contribution in [2.24, 2.45) is 0 Å². The summed E-state index contributed by atoms with van der Waals surface area (Å²) in [5, 5.41) is 0.516. The van der Waals surface area contributed by atoms with Crippen molar-refractivity contribution in [3.05, 3.63) is 59.3 Å². The summed E-state index contributed by atoms with van der Waals surface area (Å²) in [5.41, 5.74) is 0.968. The molecule has 0 amide bonds. The Labute approximate surface area is 182 Å². The molecular weight excluding hydrogens is 451 g/mol. The molecule has 0 spiro atoms. The number of esters is 1. The van der Waals surface area contributed by atoms with Crippen LogP contribution in [0, 0.1) is 6.92 Å². The highest BCUT2D eigenvalue weighted by Crippen LogP contribution is 2.40. The van der Waals surface area contributed by atoms with Gasteiger partial charge < -0.3 is 9.14 Å². The van der Waals surface area contributed by atoms with E-state index >= 15 is 0 Å². The summed E-state index contributed by atoms with van der Waals surface area (Å²) in [6, 6.07) is 8.46. The normalized spacial score (nSPS) is 13.4. The molecule has 0 saturated carbocycles. The molecule has 5 nitrogen and oxygen atoms in total. The number of hydrogen-bond donors (Lipinski definition) is 0. The van der Waals surface area contributed by atoms with Crippen LogP contribution in [0.3, 0.4) is 0 Å². The molecule has 166 valence electrons. The highest BCUT2D eigenvalue weighted by Gasteiger charge is 2.32. The van der Waals surface area contributed by atoms with E-state index in [9.17, 15) is 26.4 Å². The highest BCUT2D eigenvalue weighted by molar-refractivity contribution is 7.99. The number of alkyl halides is 3. The van der Waals surface area contributed by atoms with Crippen LogP contribution in [-0.2, 0) is 25.5 Å². The summed E-state index contributed by atoms with van der Waals surface area (Å²) >= 11 is 1.20. The number of rotatable bonds is 5.